The quantitative estimate of drug-likeness (QED) is 0.822. The minimum Gasteiger partial charge on any atom is -0.312 e. The molecule has 0 saturated carbocycles. The van der Waals surface area contributed by atoms with Crippen molar-refractivity contribution in [2.75, 3.05) is 6.54 Å². The van der Waals surface area contributed by atoms with Crippen LogP contribution in [0.1, 0.15) is 45.2 Å². The Hall–Kier alpha value is -0.530. The summed E-state index contributed by atoms with van der Waals surface area (Å²) in [5.41, 5.74) is 2.71. The van der Waals surface area contributed by atoms with E-state index in [0.717, 1.165) is 18.0 Å². The van der Waals surface area contributed by atoms with E-state index in [0.29, 0.717) is 5.92 Å². The normalized spacial score (nSPS) is 13.7. The number of benzene rings is 1. The topological polar surface area (TPSA) is 12.0 Å². The van der Waals surface area contributed by atoms with Gasteiger partial charge in [-0.1, -0.05) is 30.7 Å². The first kappa shape index (κ1) is 15.5. The molecular weight excluding hydrogens is 242 g/mol. The fourth-order valence-corrected chi connectivity index (χ4v) is 2.30. The van der Waals surface area contributed by atoms with Crippen molar-refractivity contribution in [1.82, 2.24) is 5.32 Å². The molecule has 0 aliphatic carbocycles. The van der Waals surface area contributed by atoms with E-state index in [-0.39, 0.29) is 5.54 Å². The predicted octanol–water partition coefficient (Wildman–Crippen LogP) is 4.61. The molecule has 1 rings (SSSR count). The van der Waals surface area contributed by atoms with Gasteiger partial charge in [-0.15, -0.1) is 0 Å². The molecule has 0 fully saturated rings. The Kier molecular flexibility index (Phi) is 5.68. The first-order valence-electron chi connectivity index (χ1n) is 6.78. The second-order valence-corrected chi connectivity index (χ2v) is 6.78. The molecule has 1 aromatic rings. The Morgan fingerprint density at radius 3 is 2.50 bits per heavy atom. The van der Waals surface area contributed by atoms with Crippen molar-refractivity contribution in [2.24, 2.45) is 5.92 Å². The summed E-state index contributed by atoms with van der Waals surface area (Å²) in [5, 5.41) is 4.44. The molecule has 0 aliphatic heterocycles. The molecule has 0 saturated heterocycles. The zero-order chi connectivity index (χ0) is 13.8. The van der Waals surface area contributed by atoms with Gasteiger partial charge in [-0.05, 0) is 70.2 Å². The van der Waals surface area contributed by atoms with Gasteiger partial charge in [-0.2, -0.15) is 0 Å². The fraction of sp³-hybridized carbons (Fsp3) is 0.625. The Bertz CT molecular complexity index is 379. The highest BCUT2D eigenvalue weighted by molar-refractivity contribution is 6.31. The number of nitrogens with one attached hydrogen (secondary N) is 1. The average Bonchev–Trinajstić information content (AvgIpc) is 2.20. The molecule has 0 aromatic heterocycles. The average molecular weight is 268 g/mol. The summed E-state index contributed by atoms with van der Waals surface area (Å²) in [6.07, 6.45) is 2.24. The Balaban J connectivity index is 2.42. The maximum absolute atomic E-state index is 6.26. The molecule has 1 unspecified atom stereocenters. The van der Waals surface area contributed by atoms with E-state index in [1.807, 2.05) is 0 Å². The number of aryl methyl sites for hydroxylation is 1. The van der Waals surface area contributed by atoms with Crippen molar-refractivity contribution in [3.8, 4) is 0 Å². The van der Waals surface area contributed by atoms with Crippen LogP contribution < -0.4 is 5.32 Å². The first-order valence-corrected chi connectivity index (χ1v) is 7.16. The molecular formula is C16H26ClN. The highest BCUT2D eigenvalue weighted by atomic mass is 35.5. The summed E-state index contributed by atoms with van der Waals surface area (Å²) in [7, 11) is 0. The Labute approximate surface area is 117 Å². The third-order valence-electron chi connectivity index (χ3n) is 3.07. The van der Waals surface area contributed by atoms with Crippen LogP contribution in [0.15, 0.2) is 18.2 Å². The SMILES string of the molecule is Cc1ccc(CC(C)CCNC(C)(C)C)c(Cl)c1. The molecule has 18 heavy (non-hydrogen) atoms. The van der Waals surface area contributed by atoms with Crippen LogP contribution in [0, 0.1) is 12.8 Å². The highest BCUT2D eigenvalue weighted by Gasteiger charge is 2.11. The van der Waals surface area contributed by atoms with Crippen molar-refractivity contribution in [3.05, 3.63) is 34.3 Å². The van der Waals surface area contributed by atoms with Crippen LogP contribution in [-0.4, -0.2) is 12.1 Å². The summed E-state index contributed by atoms with van der Waals surface area (Å²) in [4.78, 5) is 0. The lowest BCUT2D eigenvalue weighted by molar-refractivity contribution is 0.394. The van der Waals surface area contributed by atoms with E-state index in [1.165, 1.54) is 17.5 Å². The molecule has 1 nitrogen and oxygen atoms in total. The molecule has 0 aliphatic rings. The van der Waals surface area contributed by atoms with Crippen molar-refractivity contribution >= 4 is 11.6 Å². The second kappa shape index (κ2) is 6.58. The molecule has 0 spiro atoms. The summed E-state index contributed by atoms with van der Waals surface area (Å²) in [6.45, 7) is 12.0. The Morgan fingerprint density at radius 1 is 1.28 bits per heavy atom. The van der Waals surface area contributed by atoms with Crippen molar-refractivity contribution in [3.63, 3.8) is 0 Å². The molecule has 1 aromatic carbocycles. The van der Waals surface area contributed by atoms with Crippen LogP contribution in [0.2, 0.25) is 5.02 Å². The smallest absolute Gasteiger partial charge is 0.0440 e. The van der Waals surface area contributed by atoms with E-state index in [9.17, 15) is 0 Å². The van der Waals surface area contributed by atoms with Crippen molar-refractivity contribution < 1.29 is 0 Å². The number of rotatable bonds is 5. The minimum atomic E-state index is 0.210. The lowest BCUT2D eigenvalue weighted by Gasteiger charge is -2.22. The van der Waals surface area contributed by atoms with E-state index >= 15 is 0 Å². The summed E-state index contributed by atoms with van der Waals surface area (Å²) >= 11 is 6.26. The van der Waals surface area contributed by atoms with Crippen LogP contribution in [0.25, 0.3) is 0 Å². The van der Waals surface area contributed by atoms with Gasteiger partial charge in [0, 0.05) is 10.6 Å². The summed E-state index contributed by atoms with van der Waals surface area (Å²) in [6, 6.07) is 6.35. The van der Waals surface area contributed by atoms with Gasteiger partial charge in [-0.25, -0.2) is 0 Å². The number of hydrogen-bond donors (Lipinski definition) is 1. The molecule has 1 atom stereocenters. The van der Waals surface area contributed by atoms with Gasteiger partial charge in [0.05, 0.1) is 0 Å². The van der Waals surface area contributed by atoms with Gasteiger partial charge in [-0.3, -0.25) is 0 Å². The predicted molar refractivity (Wildman–Crippen MR) is 81.4 cm³/mol. The number of halogens is 1. The van der Waals surface area contributed by atoms with Crippen LogP contribution in [0.4, 0.5) is 0 Å². The van der Waals surface area contributed by atoms with E-state index in [1.54, 1.807) is 0 Å². The van der Waals surface area contributed by atoms with Crippen LogP contribution in [0.5, 0.6) is 0 Å². The van der Waals surface area contributed by atoms with Gasteiger partial charge in [0.2, 0.25) is 0 Å². The number of hydrogen-bond acceptors (Lipinski definition) is 1. The molecule has 0 heterocycles. The third-order valence-corrected chi connectivity index (χ3v) is 3.42. The molecule has 0 amide bonds. The first-order chi connectivity index (χ1) is 8.28. The largest absolute Gasteiger partial charge is 0.312 e. The molecule has 1 N–H and O–H groups in total. The summed E-state index contributed by atoms with van der Waals surface area (Å²) in [5.74, 6) is 0.653. The standard InChI is InChI=1S/C16H26ClN/c1-12-6-7-14(15(17)11-12)10-13(2)8-9-18-16(3,4)5/h6-7,11,13,18H,8-10H2,1-5H3. The fourth-order valence-electron chi connectivity index (χ4n) is 1.99. The van der Waals surface area contributed by atoms with Crippen LogP contribution in [0.3, 0.4) is 0 Å². The lowest BCUT2D eigenvalue weighted by atomic mass is 9.97. The van der Waals surface area contributed by atoms with Gasteiger partial charge < -0.3 is 5.32 Å². The second-order valence-electron chi connectivity index (χ2n) is 6.37. The van der Waals surface area contributed by atoms with Gasteiger partial charge in [0.15, 0.2) is 0 Å². The highest BCUT2D eigenvalue weighted by Crippen LogP contribution is 2.21. The van der Waals surface area contributed by atoms with E-state index in [2.05, 4.69) is 58.1 Å². The molecule has 2 heteroatoms. The third kappa shape index (κ3) is 5.88. The molecule has 0 bridgehead atoms. The van der Waals surface area contributed by atoms with Crippen LogP contribution in [-0.2, 0) is 6.42 Å². The van der Waals surface area contributed by atoms with E-state index in [4.69, 9.17) is 11.6 Å². The van der Waals surface area contributed by atoms with Gasteiger partial charge >= 0.3 is 0 Å². The molecule has 102 valence electrons. The Morgan fingerprint density at radius 2 is 1.94 bits per heavy atom. The summed E-state index contributed by atoms with van der Waals surface area (Å²) < 4.78 is 0. The van der Waals surface area contributed by atoms with Gasteiger partial charge in [0.1, 0.15) is 0 Å². The van der Waals surface area contributed by atoms with E-state index < -0.39 is 0 Å². The van der Waals surface area contributed by atoms with Crippen LogP contribution >= 0.6 is 11.6 Å². The maximum atomic E-state index is 6.26. The minimum absolute atomic E-state index is 0.210. The zero-order valence-corrected chi connectivity index (χ0v) is 13.1. The maximum Gasteiger partial charge on any atom is 0.0440 e. The van der Waals surface area contributed by atoms with Crippen molar-refractivity contribution in [2.45, 2.75) is 53.0 Å². The monoisotopic (exact) mass is 267 g/mol. The lowest BCUT2D eigenvalue weighted by Crippen LogP contribution is -2.37. The zero-order valence-electron chi connectivity index (χ0n) is 12.3. The van der Waals surface area contributed by atoms with Crippen molar-refractivity contribution in [1.29, 1.82) is 0 Å². The molecule has 0 radical (unpaired) electrons. The van der Waals surface area contributed by atoms with Gasteiger partial charge in [0.25, 0.3) is 0 Å².